The summed E-state index contributed by atoms with van der Waals surface area (Å²) in [7, 11) is 0. The molecule has 0 saturated heterocycles. The summed E-state index contributed by atoms with van der Waals surface area (Å²) in [4.78, 5) is 11.8. The first kappa shape index (κ1) is 14.9. The van der Waals surface area contributed by atoms with Crippen LogP contribution in [0, 0.1) is 6.92 Å². The van der Waals surface area contributed by atoms with Crippen molar-refractivity contribution >= 4 is 24.1 Å². The van der Waals surface area contributed by atoms with Crippen LogP contribution in [0.15, 0.2) is 42.4 Å². The van der Waals surface area contributed by atoms with Gasteiger partial charge in [-0.05, 0) is 55.1 Å². The molecule has 120 valence electrons. The third-order valence-corrected chi connectivity index (χ3v) is 4.83. The fourth-order valence-electron chi connectivity index (χ4n) is 3.42. The van der Waals surface area contributed by atoms with Crippen LogP contribution < -0.4 is 15.7 Å². The number of aryl methyl sites for hydroxylation is 1. The molecule has 4 rings (SSSR count). The summed E-state index contributed by atoms with van der Waals surface area (Å²) in [5, 5.41) is 3.54. The minimum Gasteiger partial charge on any atom is -0.554 e. The highest BCUT2D eigenvalue weighted by Crippen LogP contribution is 2.34. The van der Waals surface area contributed by atoms with Crippen molar-refractivity contribution in [3.8, 4) is 5.75 Å². The standard InChI is InChI=1S/C19H19BN2O2/c1-11-6-7-13(8-16(11)21)17-10-20-18(22-17)9-14-4-3-5-15(12(2)23)19(14)24-20/h3-8,10,18,22H,9,21H2,1-2H3. The van der Waals surface area contributed by atoms with Crippen molar-refractivity contribution < 1.29 is 9.45 Å². The molecule has 0 aliphatic carbocycles. The van der Waals surface area contributed by atoms with E-state index in [9.17, 15) is 4.79 Å². The minimum absolute atomic E-state index is 0.0340. The summed E-state index contributed by atoms with van der Waals surface area (Å²) in [6.45, 7) is 3.50. The number of carbonyl (C=O) groups excluding carboxylic acids is 1. The topological polar surface area (TPSA) is 64.3 Å². The molecule has 1 unspecified atom stereocenters. The van der Waals surface area contributed by atoms with Crippen molar-refractivity contribution in [3.63, 3.8) is 0 Å². The zero-order valence-corrected chi connectivity index (χ0v) is 13.8. The van der Waals surface area contributed by atoms with Crippen molar-refractivity contribution in [2.45, 2.75) is 26.2 Å². The molecule has 0 saturated carbocycles. The lowest BCUT2D eigenvalue weighted by Crippen LogP contribution is -2.44. The van der Waals surface area contributed by atoms with Gasteiger partial charge in [0.05, 0.1) is 11.5 Å². The van der Waals surface area contributed by atoms with Gasteiger partial charge in [0.1, 0.15) is 5.75 Å². The van der Waals surface area contributed by atoms with E-state index >= 15 is 0 Å². The van der Waals surface area contributed by atoms with Crippen molar-refractivity contribution in [1.82, 2.24) is 5.32 Å². The number of carbonyl (C=O) groups is 1. The van der Waals surface area contributed by atoms with Gasteiger partial charge < -0.3 is 15.7 Å². The lowest BCUT2D eigenvalue weighted by atomic mass is 9.58. The van der Waals surface area contributed by atoms with Crippen molar-refractivity contribution in [3.05, 3.63) is 64.6 Å². The molecule has 24 heavy (non-hydrogen) atoms. The van der Waals surface area contributed by atoms with Crippen LogP contribution in [-0.4, -0.2) is 18.6 Å². The number of nitrogens with two attached hydrogens (primary N) is 1. The van der Waals surface area contributed by atoms with E-state index in [-0.39, 0.29) is 18.6 Å². The molecule has 1 atom stereocenters. The zero-order chi connectivity index (χ0) is 16.8. The van der Waals surface area contributed by atoms with Crippen LogP contribution in [-0.2, 0) is 6.42 Å². The Morgan fingerprint density at radius 3 is 2.92 bits per heavy atom. The van der Waals surface area contributed by atoms with E-state index in [1.165, 1.54) is 0 Å². The third kappa shape index (κ3) is 2.37. The number of Topliss-reactive ketones (excluding diaryl/α,β-unsaturated/α-hetero) is 1. The molecule has 2 aliphatic rings. The van der Waals surface area contributed by atoms with Gasteiger partial charge in [-0.25, -0.2) is 0 Å². The van der Waals surface area contributed by atoms with Gasteiger partial charge in [0.2, 0.25) is 0 Å². The highest BCUT2D eigenvalue weighted by Gasteiger charge is 2.39. The lowest BCUT2D eigenvalue weighted by molar-refractivity contribution is 0.101. The number of rotatable bonds is 2. The van der Waals surface area contributed by atoms with Crippen LogP contribution in [0.2, 0.25) is 0 Å². The number of fused-ring (bicyclic) bond motifs is 2. The predicted octanol–water partition coefficient (Wildman–Crippen LogP) is 2.80. The molecule has 0 spiro atoms. The third-order valence-electron chi connectivity index (χ3n) is 4.83. The molecule has 0 fully saturated rings. The molecule has 0 radical (unpaired) electrons. The largest absolute Gasteiger partial charge is 0.554 e. The number of benzene rings is 2. The number of para-hydroxylation sites is 1. The molecule has 0 aromatic heterocycles. The second-order valence-electron chi connectivity index (χ2n) is 6.54. The second kappa shape index (κ2) is 5.44. The Balaban J connectivity index is 1.66. The fraction of sp³-hybridized carbons (Fsp3) is 0.211. The first-order valence-corrected chi connectivity index (χ1v) is 8.17. The molecule has 2 aromatic carbocycles. The fourth-order valence-corrected chi connectivity index (χ4v) is 3.42. The Labute approximate surface area is 141 Å². The number of hydrogen-bond donors (Lipinski definition) is 2. The van der Waals surface area contributed by atoms with Crippen molar-refractivity contribution in [1.29, 1.82) is 0 Å². The number of nitrogens with one attached hydrogen (secondary N) is 1. The molecule has 0 bridgehead atoms. The highest BCUT2D eigenvalue weighted by atomic mass is 16.4. The molecular weight excluding hydrogens is 299 g/mol. The maximum atomic E-state index is 11.8. The number of anilines is 1. The second-order valence-corrected chi connectivity index (χ2v) is 6.54. The zero-order valence-electron chi connectivity index (χ0n) is 13.8. The van der Waals surface area contributed by atoms with Gasteiger partial charge in [0.25, 0.3) is 0 Å². The van der Waals surface area contributed by atoms with E-state index in [1.807, 2.05) is 37.3 Å². The maximum Gasteiger partial charge on any atom is 0.409 e. The number of ketones is 1. The van der Waals surface area contributed by atoms with Gasteiger partial charge in [-0.2, -0.15) is 0 Å². The van der Waals surface area contributed by atoms with Crippen LogP contribution in [0.4, 0.5) is 5.69 Å². The Morgan fingerprint density at radius 2 is 2.17 bits per heavy atom. The Kier molecular flexibility index (Phi) is 3.37. The molecule has 3 N–H and O–H groups in total. The predicted molar refractivity (Wildman–Crippen MR) is 97.0 cm³/mol. The quantitative estimate of drug-likeness (QED) is 0.508. The van der Waals surface area contributed by atoms with Gasteiger partial charge in [0, 0.05) is 11.4 Å². The molecule has 2 aromatic rings. The van der Waals surface area contributed by atoms with Crippen LogP contribution >= 0.6 is 0 Å². The van der Waals surface area contributed by atoms with Crippen LogP contribution in [0.1, 0.15) is 34.0 Å². The van der Waals surface area contributed by atoms with E-state index in [4.69, 9.17) is 10.4 Å². The van der Waals surface area contributed by atoms with E-state index in [0.29, 0.717) is 5.56 Å². The molecule has 2 aliphatic heterocycles. The number of hydrogen-bond acceptors (Lipinski definition) is 4. The van der Waals surface area contributed by atoms with Gasteiger partial charge in [-0.3, -0.25) is 4.79 Å². The van der Waals surface area contributed by atoms with Crippen LogP contribution in [0.5, 0.6) is 5.75 Å². The summed E-state index contributed by atoms with van der Waals surface area (Å²) in [6, 6.07) is 11.9. The van der Waals surface area contributed by atoms with E-state index in [1.54, 1.807) is 6.92 Å². The Hall–Kier alpha value is -2.69. The van der Waals surface area contributed by atoms with Crippen molar-refractivity contribution in [2.75, 3.05) is 5.73 Å². The Bertz CT molecular complexity index is 876. The monoisotopic (exact) mass is 318 g/mol. The van der Waals surface area contributed by atoms with Gasteiger partial charge in [-0.15, -0.1) is 0 Å². The normalized spacial score (nSPS) is 18.2. The smallest absolute Gasteiger partial charge is 0.409 e. The maximum absolute atomic E-state index is 11.8. The van der Waals surface area contributed by atoms with Crippen molar-refractivity contribution in [2.24, 2.45) is 0 Å². The highest BCUT2D eigenvalue weighted by molar-refractivity contribution is 6.63. The molecular formula is C19H19BN2O2. The summed E-state index contributed by atoms with van der Waals surface area (Å²) in [6.07, 6.45) is 0.836. The van der Waals surface area contributed by atoms with E-state index in [2.05, 4.69) is 17.4 Å². The van der Waals surface area contributed by atoms with Crippen LogP contribution in [0.3, 0.4) is 0 Å². The lowest BCUT2D eigenvalue weighted by Gasteiger charge is -2.28. The minimum atomic E-state index is -0.0736. The van der Waals surface area contributed by atoms with E-state index < -0.39 is 0 Å². The van der Waals surface area contributed by atoms with Gasteiger partial charge in [0.15, 0.2) is 5.78 Å². The summed E-state index contributed by atoms with van der Waals surface area (Å²) in [5.41, 5.74) is 11.7. The summed E-state index contributed by atoms with van der Waals surface area (Å²) in [5.74, 6) is 3.03. The molecule has 0 amide bonds. The molecule has 5 heteroatoms. The summed E-state index contributed by atoms with van der Waals surface area (Å²) < 4.78 is 6.16. The molecule has 2 heterocycles. The van der Waals surface area contributed by atoms with Gasteiger partial charge >= 0.3 is 6.92 Å². The van der Waals surface area contributed by atoms with Crippen LogP contribution in [0.25, 0.3) is 5.70 Å². The van der Waals surface area contributed by atoms with E-state index in [0.717, 1.165) is 40.2 Å². The molecule has 4 nitrogen and oxygen atoms in total. The van der Waals surface area contributed by atoms with Gasteiger partial charge in [-0.1, -0.05) is 24.3 Å². The first-order chi connectivity index (χ1) is 11.5. The Morgan fingerprint density at radius 1 is 1.33 bits per heavy atom. The average molecular weight is 318 g/mol. The first-order valence-electron chi connectivity index (χ1n) is 8.17. The number of nitrogen functional groups attached to an aromatic ring is 1. The summed E-state index contributed by atoms with van der Waals surface area (Å²) >= 11 is 0. The SMILES string of the molecule is CC(=O)c1cccc2c1OB1C=C(c3ccc(C)c(N)c3)NC1C2. The average Bonchev–Trinajstić information content (AvgIpc) is 2.97.